The van der Waals surface area contributed by atoms with Crippen LogP contribution in [-0.2, 0) is 12.7 Å². The van der Waals surface area contributed by atoms with Crippen LogP contribution >= 0.6 is 0 Å². The third-order valence-electron chi connectivity index (χ3n) is 5.50. The molecule has 0 aliphatic carbocycles. The fraction of sp³-hybridized carbons (Fsp3) is 0.208. The first-order valence-corrected chi connectivity index (χ1v) is 9.68. The molecule has 0 spiro atoms. The number of fused-ring (bicyclic) bond motifs is 3. The Labute approximate surface area is 171 Å². The molecule has 4 rings (SSSR count). The van der Waals surface area contributed by atoms with E-state index in [4.69, 9.17) is 5.73 Å². The lowest BCUT2D eigenvalue weighted by atomic mass is 10.00. The highest BCUT2D eigenvalue weighted by atomic mass is 19.4. The van der Waals surface area contributed by atoms with Gasteiger partial charge in [0.15, 0.2) is 0 Å². The summed E-state index contributed by atoms with van der Waals surface area (Å²) in [5.41, 5.74) is 7.99. The van der Waals surface area contributed by atoms with Gasteiger partial charge < -0.3 is 10.3 Å². The van der Waals surface area contributed by atoms with Gasteiger partial charge in [-0.25, -0.2) is 0 Å². The molecule has 0 atom stereocenters. The maximum Gasteiger partial charge on any atom is 0.416 e. The van der Waals surface area contributed by atoms with Crippen molar-refractivity contribution in [1.29, 1.82) is 0 Å². The first-order chi connectivity index (χ1) is 14.2. The Morgan fingerprint density at radius 1 is 1.00 bits per heavy atom. The molecule has 4 aromatic rings. The number of nitrogens with two attached hydrogens (primary N) is 1. The number of primary amides is 1. The third-order valence-corrected chi connectivity index (χ3v) is 5.50. The average molecular weight is 410 g/mol. The molecule has 0 fully saturated rings. The topological polar surface area (TPSA) is 48.0 Å². The highest BCUT2D eigenvalue weighted by Gasteiger charge is 2.33. The summed E-state index contributed by atoms with van der Waals surface area (Å²) in [6, 6.07) is 16.6. The van der Waals surface area contributed by atoms with Crippen LogP contribution in [0.4, 0.5) is 13.2 Å². The molecule has 0 saturated heterocycles. The zero-order valence-corrected chi connectivity index (χ0v) is 16.6. The lowest BCUT2D eigenvalue weighted by Crippen LogP contribution is -2.12. The second-order valence-corrected chi connectivity index (χ2v) is 7.74. The van der Waals surface area contributed by atoms with E-state index in [0.29, 0.717) is 16.5 Å². The van der Waals surface area contributed by atoms with Crippen LogP contribution in [0.3, 0.4) is 0 Å². The van der Waals surface area contributed by atoms with E-state index >= 15 is 0 Å². The van der Waals surface area contributed by atoms with Crippen molar-refractivity contribution in [2.75, 3.05) is 0 Å². The fourth-order valence-electron chi connectivity index (χ4n) is 4.00. The molecule has 0 aliphatic heterocycles. The second kappa shape index (κ2) is 7.20. The van der Waals surface area contributed by atoms with E-state index in [0.717, 1.165) is 22.5 Å². The molecule has 0 aliphatic rings. The molecule has 0 bridgehead atoms. The molecule has 154 valence electrons. The lowest BCUT2D eigenvalue weighted by Gasteiger charge is -2.15. The maximum atomic E-state index is 13.6. The number of hydrogen-bond acceptors (Lipinski definition) is 1. The van der Waals surface area contributed by atoms with Crippen molar-refractivity contribution in [3.05, 3.63) is 82.9 Å². The van der Waals surface area contributed by atoms with Crippen LogP contribution in [0.1, 0.15) is 46.8 Å². The minimum absolute atomic E-state index is 0.0272. The first-order valence-electron chi connectivity index (χ1n) is 9.68. The van der Waals surface area contributed by atoms with Crippen LogP contribution in [0.5, 0.6) is 0 Å². The van der Waals surface area contributed by atoms with Gasteiger partial charge in [0.05, 0.1) is 11.1 Å². The van der Waals surface area contributed by atoms with Gasteiger partial charge in [-0.1, -0.05) is 50.2 Å². The van der Waals surface area contributed by atoms with E-state index in [1.807, 2.05) is 28.8 Å². The molecule has 3 aromatic carbocycles. The van der Waals surface area contributed by atoms with E-state index in [2.05, 4.69) is 13.8 Å². The number of carbonyl (C=O) groups excluding carboxylic acids is 1. The Morgan fingerprint density at radius 2 is 1.73 bits per heavy atom. The van der Waals surface area contributed by atoms with Crippen molar-refractivity contribution in [3.8, 4) is 0 Å². The van der Waals surface area contributed by atoms with Gasteiger partial charge in [0.2, 0.25) is 5.91 Å². The van der Waals surface area contributed by atoms with Crippen LogP contribution in [0.25, 0.3) is 21.8 Å². The summed E-state index contributed by atoms with van der Waals surface area (Å²) >= 11 is 0. The van der Waals surface area contributed by atoms with Crippen molar-refractivity contribution < 1.29 is 18.0 Å². The summed E-state index contributed by atoms with van der Waals surface area (Å²) in [5.74, 6) is -0.317. The van der Waals surface area contributed by atoms with Gasteiger partial charge in [-0.05, 0) is 41.3 Å². The SMILES string of the molecule is CC(C)c1ccc2c3c(C(N)=O)cccc3n(Cc3ccccc3C(F)(F)F)c2c1. The Morgan fingerprint density at radius 3 is 2.40 bits per heavy atom. The Kier molecular flexibility index (Phi) is 4.80. The van der Waals surface area contributed by atoms with Crippen LogP contribution in [0.15, 0.2) is 60.7 Å². The van der Waals surface area contributed by atoms with Gasteiger partial charge in [0.25, 0.3) is 0 Å². The monoisotopic (exact) mass is 410 g/mol. The summed E-state index contributed by atoms with van der Waals surface area (Å²) in [4.78, 5) is 12.1. The number of rotatable bonds is 4. The minimum atomic E-state index is -4.45. The molecular weight excluding hydrogens is 389 g/mol. The zero-order chi connectivity index (χ0) is 21.6. The zero-order valence-electron chi connectivity index (χ0n) is 16.6. The summed E-state index contributed by atoms with van der Waals surface area (Å²) in [5, 5.41) is 1.47. The minimum Gasteiger partial charge on any atom is -0.366 e. The van der Waals surface area contributed by atoms with Crippen LogP contribution in [0, 0.1) is 0 Å². The number of hydrogen-bond donors (Lipinski definition) is 1. The molecule has 0 saturated carbocycles. The molecule has 1 heterocycles. The van der Waals surface area contributed by atoms with E-state index in [1.165, 1.54) is 12.1 Å². The van der Waals surface area contributed by atoms with E-state index in [-0.39, 0.29) is 18.0 Å². The van der Waals surface area contributed by atoms with Crippen molar-refractivity contribution in [2.45, 2.75) is 32.5 Å². The molecule has 1 aromatic heterocycles. The number of halogens is 3. The van der Waals surface area contributed by atoms with E-state index in [1.54, 1.807) is 18.2 Å². The van der Waals surface area contributed by atoms with Gasteiger partial charge >= 0.3 is 6.18 Å². The van der Waals surface area contributed by atoms with Crippen molar-refractivity contribution >= 4 is 27.7 Å². The maximum absolute atomic E-state index is 13.6. The van der Waals surface area contributed by atoms with Crippen LogP contribution < -0.4 is 5.73 Å². The Hall–Kier alpha value is -3.28. The summed E-state index contributed by atoms with van der Waals surface area (Å²) in [6.45, 7) is 4.14. The quantitative estimate of drug-likeness (QED) is 0.435. The van der Waals surface area contributed by atoms with Gasteiger partial charge in [-0.3, -0.25) is 4.79 Å². The number of nitrogens with zero attached hydrogens (tertiary/aromatic N) is 1. The second-order valence-electron chi connectivity index (χ2n) is 7.74. The number of amides is 1. The van der Waals surface area contributed by atoms with Gasteiger partial charge in [-0.15, -0.1) is 0 Å². The largest absolute Gasteiger partial charge is 0.416 e. The molecule has 0 unspecified atom stereocenters. The van der Waals surface area contributed by atoms with Gasteiger partial charge in [-0.2, -0.15) is 13.2 Å². The number of benzene rings is 3. The molecule has 6 heteroatoms. The lowest BCUT2D eigenvalue weighted by molar-refractivity contribution is -0.138. The standard InChI is InChI=1S/C24H21F3N2O/c1-14(2)15-10-11-17-21(12-15)29(20-9-5-7-18(22(17)20)23(28)30)13-16-6-3-4-8-19(16)24(25,26)27/h3-12,14H,13H2,1-2H3,(H2,28,30). The summed E-state index contributed by atoms with van der Waals surface area (Å²) in [7, 11) is 0. The van der Waals surface area contributed by atoms with Crippen molar-refractivity contribution in [1.82, 2.24) is 4.57 Å². The number of aromatic nitrogens is 1. The average Bonchev–Trinajstić information content (AvgIpc) is 3.00. The molecule has 2 N–H and O–H groups in total. The predicted octanol–water partition coefficient (Wildman–Crippen LogP) is 6.08. The summed E-state index contributed by atoms with van der Waals surface area (Å²) < 4.78 is 42.6. The molecular formula is C24H21F3N2O. The van der Waals surface area contributed by atoms with E-state index in [9.17, 15) is 18.0 Å². The smallest absolute Gasteiger partial charge is 0.366 e. The van der Waals surface area contributed by atoms with Gasteiger partial charge in [0, 0.05) is 28.4 Å². The predicted molar refractivity (Wildman–Crippen MR) is 113 cm³/mol. The van der Waals surface area contributed by atoms with Crippen LogP contribution in [-0.4, -0.2) is 10.5 Å². The highest BCUT2D eigenvalue weighted by Crippen LogP contribution is 2.36. The fourth-order valence-corrected chi connectivity index (χ4v) is 4.00. The third kappa shape index (κ3) is 3.32. The number of carbonyl (C=O) groups is 1. The van der Waals surface area contributed by atoms with E-state index < -0.39 is 17.6 Å². The molecule has 30 heavy (non-hydrogen) atoms. The Bertz CT molecular complexity index is 1270. The first kappa shape index (κ1) is 20.0. The van der Waals surface area contributed by atoms with Crippen molar-refractivity contribution in [3.63, 3.8) is 0 Å². The highest BCUT2D eigenvalue weighted by molar-refractivity contribution is 6.18. The van der Waals surface area contributed by atoms with Gasteiger partial charge in [0.1, 0.15) is 0 Å². The molecule has 0 radical (unpaired) electrons. The molecule has 3 nitrogen and oxygen atoms in total. The normalized spacial score (nSPS) is 12.2. The van der Waals surface area contributed by atoms with Crippen LogP contribution in [0.2, 0.25) is 0 Å². The Balaban J connectivity index is 2.05. The molecule has 1 amide bonds. The number of alkyl halides is 3. The summed E-state index contributed by atoms with van der Waals surface area (Å²) in [6.07, 6.45) is -4.45. The van der Waals surface area contributed by atoms with Crippen molar-refractivity contribution in [2.24, 2.45) is 5.73 Å².